The van der Waals surface area contributed by atoms with Gasteiger partial charge in [0.2, 0.25) is 0 Å². The van der Waals surface area contributed by atoms with Gasteiger partial charge in [-0.15, -0.1) is 0 Å². The molecule has 2 N–H and O–H groups in total. The molecule has 0 aromatic heterocycles. The molecular weight excluding hydrogens is 366 g/mol. The van der Waals surface area contributed by atoms with E-state index in [4.69, 9.17) is 9.47 Å². The van der Waals surface area contributed by atoms with Crippen molar-refractivity contribution in [3.8, 4) is 11.5 Å². The fourth-order valence-corrected chi connectivity index (χ4v) is 3.79. The van der Waals surface area contributed by atoms with Crippen LogP contribution in [0.15, 0.2) is 42.5 Å². The van der Waals surface area contributed by atoms with Crippen molar-refractivity contribution >= 4 is 11.7 Å². The molecule has 2 aromatic carbocycles. The summed E-state index contributed by atoms with van der Waals surface area (Å²) in [6.07, 6.45) is 2.36. The number of para-hydroxylation sites is 1. The maximum Gasteiger partial charge on any atom is 0.319 e. The summed E-state index contributed by atoms with van der Waals surface area (Å²) in [5.41, 5.74) is 2.86. The summed E-state index contributed by atoms with van der Waals surface area (Å²) in [6.45, 7) is 7.03. The highest BCUT2D eigenvalue weighted by Gasteiger charge is 2.26. The summed E-state index contributed by atoms with van der Waals surface area (Å²) in [7, 11) is 1.69. The molecular formula is C23H31N3O3. The average Bonchev–Trinajstić information content (AvgIpc) is 3.25. The number of rotatable bonds is 8. The number of carbonyl (C=O) groups excluding carboxylic acids is 1. The van der Waals surface area contributed by atoms with Gasteiger partial charge in [-0.25, -0.2) is 4.79 Å². The minimum atomic E-state index is -0.242. The largest absolute Gasteiger partial charge is 0.496 e. The zero-order chi connectivity index (χ0) is 20.6. The van der Waals surface area contributed by atoms with Crippen LogP contribution in [0.3, 0.4) is 0 Å². The van der Waals surface area contributed by atoms with E-state index in [2.05, 4.69) is 21.6 Å². The molecule has 1 aliphatic heterocycles. The monoisotopic (exact) mass is 397 g/mol. The molecule has 6 nitrogen and oxygen atoms in total. The van der Waals surface area contributed by atoms with E-state index in [0.717, 1.165) is 30.0 Å². The fraction of sp³-hybridized carbons (Fsp3) is 0.435. The molecule has 0 bridgehead atoms. The number of hydrogen-bond donors (Lipinski definition) is 2. The minimum absolute atomic E-state index is 0.0729. The molecule has 1 fully saturated rings. The molecule has 6 heteroatoms. The number of hydrogen-bond acceptors (Lipinski definition) is 4. The quantitative estimate of drug-likeness (QED) is 0.695. The maximum atomic E-state index is 12.6. The Morgan fingerprint density at radius 1 is 1.14 bits per heavy atom. The first-order valence-electron chi connectivity index (χ1n) is 10.3. The molecule has 1 unspecified atom stereocenters. The van der Waals surface area contributed by atoms with Crippen LogP contribution in [-0.4, -0.2) is 44.3 Å². The van der Waals surface area contributed by atoms with E-state index >= 15 is 0 Å². The van der Waals surface area contributed by atoms with Gasteiger partial charge in [0.25, 0.3) is 0 Å². The van der Waals surface area contributed by atoms with Gasteiger partial charge in [-0.05, 0) is 63.5 Å². The van der Waals surface area contributed by atoms with Crippen LogP contribution in [-0.2, 0) is 0 Å². The number of nitrogens with one attached hydrogen (secondary N) is 2. The van der Waals surface area contributed by atoms with Crippen molar-refractivity contribution in [1.82, 2.24) is 10.2 Å². The number of likely N-dealkylation sites (tertiary alicyclic amines) is 1. The number of ether oxygens (including phenoxy) is 2. The Balaban J connectivity index is 1.70. The highest BCUT2D eigenvalue weighted by Crippen LogP contribution is 2.31. The smallest absolute Gasteiger partial charge is 0.319 e. The Morgan fingerprint density at radius 2 is 1.90 bits per heavy atom. The second-order valence-electron chi connectivity index (χ2n) is 7.27. The third-order valence-corrected chi connectivity index (χ3v) is 5.22. The van der Waals surface area contributed by atoms with Crippen LogP contribution in [0, 0.1) is 6.92 Å². The van der Waals surface area contributed by atoms with Gasteiger partial charge in [0, 0.05) is 12.1 Å². The Morgan fingerprint density at radius 3 is 2.62 bits per heavy atom. The number of nitrogens with zero attached hydrogens (tertiary/aromatic N) is 1. The van der Waals surface area contributed by atoms with E-state index in [1.807, 2.05) is 50.2 Å². The second-order valence-corrected chi connectivity index (χ2v) is 7.27. The van der Waals surface area contributed by atoms with Gasteiger partial charge < -0.3 is 20.1 Å². The first-order valence-corrected chi connectivity index (χ1v) is 10.3. The van der Waals surface area contributed by atoms with Crippen LogP contribution >= 0.6 is 0 Å². The zero-order valence-electron chi connectivity index (χ0n) is 17.5. The Hall–Kier alpha value is -2.73. The zero-order valence-corrected chi connectivity index (χ0v) is 17.5. The van der Waals surface area contributed by atoms with Crippen LogP contribution in [0.5, 0.6) is 11.5 Å². The normalized spacial score (nSPS) is 15.0. The highest BCUT2D eigenvalue weighted by atomic mass is 16.5. The number of benzene rings is 2. The van der Waals surface area contributed by atoms with Crippen molar-refractivity contribution in [3.05, 3.63) is 53.6 Å². The molecule has 1 heterocycles. The molecule has 1 atom stereocenters. The number of carbonyl (C=O) groups is 1. The highest BCUT2D eigenvalue weighted by molar-refractivity contribution is 5.91. The predicted molar refractivity (Wildman–Crippen MR) is 116 cm³/mol. The lowest BCUT2D eigenvalue weighted by atomic mass is 10.0. The van der Waals surface area contributed by atoms with Gasteiger partial charge in [-0.1, -0.05) is 24.3 Å². The van der Waals surface area contributed by atoms with Gasteiger partial charge in [0.1, 0.15) is 11.5 Å². The molecule has 2 aromatic rings. The maximum absolute atomic E-state index is 12.6. The molecule has 0 radical (unpaired) electrons. The van der Waals surface area contributed by atoms with E-state index in [1.54, 1.807) is 7.11 Å². The third-order valence-electron chi connectivity index (χ3n) is 5.22. The number of anilines is 1. The molecule has 1 aliphatic rings. The molecule has 3 rings (SSSR count). The number of amides is 2. The lowest BCUT2D eigenvalue weighted by Gasteiger charge is -2.29. The summed E-state index contributed by atoms with van der Waals surface area (Å²) in [5, 5.41) is 5.96. The standard InChI is InChI=1S/C23H31N3O3/c1-4-29-22-15-17(2)11-12-19(22)25-23(27)24-16-20(26-13-7-8-14-26)18-9-5-6-10-21(18)28-3/h5-6,9-12,15,20H,4,7-8,13-14,16H2,1-3H3,(H2,24,25,27). The van der Waals surface area contributed by atoms with Gasteiger partial charge >= 0.3 is 6.03 Å². The van der Waals surface area contributed by atoms with Gasteiger partial charge in [-0.3, -0.25) is 4.90 Å². The number of urea groups is 1. The van der Waals surface area contributed by atoms with Crippen LogP contribution in [0.4, 0.5) is 10.5 Å². The Labute approximate surface area is 173 Å². The summed E-state index contributed by atoms with van der Waals surface area (Å²) < 4.78 is 11.2. The second kappa shape index (κ2) is 10.2. The van der Waals surface area contributed by atoms with Crippen molar-refractivity contribution in [2.45, 2.75) is 32.7 Å². The van der Waals surface area contributed by atoms with Crippen molar-refractivity contribution in [2.24, 2.45) is 0 Å². The van der Waals surface area contributed by atoms with Crippen molar-refractivity contribution < 1.29 is 14.3 Å². The molecule has 0 saturated carbocycles. The Kier molecular flexibility index (Phi) is 7.36. The summed E-state index contributed by atoms with van der Waals surface area (Å²) in [4.78, 5) is 15.0. The van der Waals surface area contributed by atoms with Crippen molar-refractivity contribution in [1.29, 1.82) is 0 Å². The Bertz CT molecular complexity index is 819. The topological polar surface area (TPSA) is 62.8 Å². The van der Waals surface area contributed by atoms with E-state index < -0.39 is 0 Å². The third kappa shape index (κ3) is 5.41. The number of methoxy groups -OCH3 is 1. The van der Waals surface area contributed by atoms with Crippen molar-refractivity contribution in [2.75, 3.05) is 38.7 Å². The molecule has 0 aliphatic carbocycles. The SMILES string of the molecule is CCOc1cc(C)ccc1NC(=O)NCC(c1ccccc1OC)N1CCCC1. The summed E-state index contributed by atoms with van der Waals surface area (Å²) >= 11 is 0. The molecule has 156 valence electrons. The number of aryl methyl sites for hydroxylation is 1. The van der Waals surface area contributed by atoms with Crippen molar-refractivity contribution in [3.63, 3.8) is 0 Å². The molecule has 2 amide bonds. The summed E-state index contributed by atoms with van der Waals surface area (Å²) in [6, 6.07) is 13.6. The average molecular weight is 398 g/mol. The van der Waals surface area contributed by atoms with Gasteiger partial charge in [0.15, 0.2) is 0 Å². The van der Waals surface area contributed by atoms with Crippen LogP contribution < -0.4 is 20.1 Å². The lowest BCUT2D eigenvalue weighted by Crippen LogP contribution is -2.38. The molecule has 29 heavy (non-hydrogen) atoms. The fourth-order valence-electron chi connectivity index (χ4n) is 3.79. The van der Waals surface area contributed by atoms with Gasteiger partial charge in [0.05, 0.1) is 25.4 Å². The van der Waals surface area contributed by atoms with E-state index in [1.165, 1.54) is 12.8 Å². The molecule has 1 saturated heterocycles. The summed E-state index contributed by atoms with van der Waals surface area (Å²) in [5.74, 6) is 1.53. The van der Waals surface area contributed by atoms with E-state index in [0.29, 0.717) is 24.6 Å². The molecule has 0 spiro atoms. The lowest BCUT2D eigenvalue weighted by molar-refractivity contribution is 0.224. The van der Waals surface area contributed by atoms with E-state index in [9.17, 15) is 4.79 Å². The first kappa shape index (κ1) is 21.0. The minimum Gasteiger partial charge on any atom is -0.496 e. The van der Waals surface area contributed by atoms with Crippen LogP contribution in [0.25, 0.3) is 0 Å². The van der Waals surface area contributed by atoms with Crippen LogP contribution in [0.1, 0.15) is 36.9 Å². The van der Waals surface area contributed by atoms with E-state index in [-0.39, 0.29) is 12.1 Å². The first-order chi connectivity index (χ1) is 14.1. The van der Waals surface area contributed by atoms with Gasteiger partial charge in [-0.2, -0.15) is 0 Å². The van der Waals surface area contributed by atoms with Crippen LogP contribution in [0.2, 0.25) is 0 Å². The predicted octanol–water partition coefficient (Wildman–Crippen LogP) is 4.36.